The van der Waals surface area contributed by atoms with Gasteiger partial charge in [-0.05, 0) is 24.3 Å². The van der Waals surface area contributed by atoms with E-state index in [4.69, 9.17) is 50.6 Å². The van der Waals surface area contributed by atoms with Gasteiger partial charge in [0, 0.05) is 36.3 Å². The Hall–Kier alpha value is -6.71. The van der Waals surface area contributed by atoms with Crippen LogP contribution in [0, 0.1) is 58.2 Å². The Morgan fingerprint density at radius 2 is 0.618 bits per heavy atom. The van der Waals surface area contributed by atoms with E-state index in [1.807, 2.05) is 0 Å². The molecule has 6 aromatic carbocycles. The number of nitrogens with zero attached hydrogens (tertiary/aromatic N) is 7. The number of rotatable bonds is 6. The summed E-state index contributed by atoms with van der Waals surface area (Å²) in [5, 5.41) is 8.06. The van der Waals surface area contributed by atoms with E-state index < -0.39 is 92.1 Å². The second-order valence-electron chi connectivity index (χ2n) is 16.0. The highest BCUT2D eigenvalue weighted by Gasteiger charge is 2.51. The Kier molecular flexibility index (Phi) is 16.3. The molecule has 5 aliphatic heterocycles. The summed E-state index contributed by atoms with van der Waals surface area (Å²) < 4.78 is 209. The van der Waals surface area contributed by atoms with Crippen LogP contribution < -0.4 is 18.1 Å². The molecule has 2 fully saturated rings. The lowest BCUT2D eigenvalue weighted by atomic mass is 10.0. The number of halogens is 10. The highest BCUT2D eigenvalue weighted by molar-refractivity contribution is 7.80. The minimum absolute atomic E-state index is 0.127. The van der Waals surface area contributed by atoms with E-state index in [9.17, 15) is 26.3 Å². The lowest BCUT2D eigenvalue weighted by Gasteiger charge is -2.38. The maximum atomic E-state index is 15.1. The van der Waals surface area contributed by atoms with Crippen molar-refractivity contribution in [2.75, 3.05) is 67.0 Å². The van der Waals surface area contributed by atoms with Crippen LogP contribution in [0.25, 0.3) is 22.3 Å². The molecule has 0 atom stereocenters. The maximum Gasteiger partial charge on any atom is 0.458 e. The van der Waals surface area contributed by atoms with Gasteiger partial charge in [0.15, 0.2) is 46.5 Å². The number of fused-ring (bicyclic) bond motifs is 6. The molecule has 6 aromatic rings. The molecule has 0 bridgehead atoms. The predicted octanol–water partition coefficient (Wildman–Crippen LogP) is 13.5. The molecule has 0 saturated carbocycles. The van der Waals surface area contributed by atoms with Crippen LogP contribution in [-0.2, 0) is 18.9 Å². The van der Waals surface area contributed by atoms with E-state index in [0.717, 1.165) is 76.5 Å². The Bertz CT molecular complexity index is 3060. The van der Waals surface area contributed by atoms with Crippen LogP contribution >= 0.6 is 22.8 Å². The fraction of sp³-hybridized carbons (Fsp3) is 0.208. The summed E-state index contributed by atoms with van der Waals surface area (Å²) in [6.45, 7) is 6.22. The van der Waals surface area contributed by atoms with Crippen molar-refractivity contribution >= 4 is 35.3 Å². The Balaban J connectivity index is 0.000000518. The van der Waals surface area contributed by atoms with Crippen LogP contribution in [-0.4, -0.2) is 88.9 Å². The molecule has 0 amide bonds. The number of para-hydroxylation sites is 4. The third-order valence-electron chi connectivity index (χ3n) is 11.1. The van der Waals surface area contributed by atoms with Crippen LogP contribution in [0.15, 0.2) is 121 Å². The van der Waals surface area contributed by atoms with E-state index >= 15 is 17.6 Å². The van der Waals surface area contributed by atoms with Gasteiger partial charge in [-0.3, -0.25) is 0 Å². The Labute approximate surface area is 426 Å². The highest BCUT2D eigenvalue weighted by atomic mass is 31.3. The molecule has 5 heterocycles. The van der Waals surface area contributed by atoms with Crippen molar-refractivity contribution in [1.82, 2.24) is 9.56 Å². The van der Waals surface area contributed by atoms with E-state index in [-0.39, 0.29) is 35.4 Å². The lowest BCUT2D eigenvalue weighted by molar-refractivity contribution is -0.0334. The molecular formula is C48H40F10N7O8P3. The molecule has 400 valence electrons. The molecule has 0 aliphatic carbocycles. The molecule has 0 aromatic heterocycles. The second-order valence-corrected chi connectivity index (χ2v) is 23.1. The van der Waals surface area contributed by atoms with Gasteiger partial charge in [-0.1, -0.05) is 77.3 Å². The van der Waals surface area contributed by atoms with Crippen molar-refractivity contribution in [3.63, 3.8) is 0 Å². The summed E-state index contributed by atoms with van der Waals surface area (Å²) >= 11 is 0. The molecule has 5 aliphatic rings. The SMILES string of the molecule is C1COCCO1.C1COCCO1.CN(/N=C/c1c(F)c(F)c(F)c(F)c1F)P1(N(C)/N=C/c2c(F)c(F)c(F)c(F)c2F)=NP2(=NP3(=N1)Oc1ccccc1-c1ccccc1O3)Oc1ccccc1-c1ccccc1O2. The van der Waals surface area contributed by atoms with Gasteiger partial charge < -0.3 is 37.0 Å². The van der Waals surface area contributed by atoms with Gasteiger partial charge in [0.25, 0.3) is 0 Å². The smallest absolute Gasteiger partial charge is 0.413 e. The topological polar surface area (TPSA) is 142 Å². The molecule has 2 saturated heterocycles. The molecule has 0 unspecified atom stereocenters. The first-order chi connectivity index (χ1) is 36.6. The second kappa shape index (κ2) is 22.9. The van der Waals surface area contributed by atoms with Gasteiger partial charge >= 0.3 is 22.8 Å². The molecule has 11 rings (SSSR count). The average Bonchev–Trinajstić information content (AvgIpc) is 3.73. The van der Waals surface area contributed by atoms with Gasteiger partial charge in [0.05, 0.1) is 76.4 Å². The quantitative estimate of drug-likeness (QED) is 0.0395. The van der Waals surface area contributed by atoms with Crippen LogP contribution in [0.4, 0.5) is 43.9 Å². The van der Waals surface area contributed by atoms with E-state index in [2.05, 4.69) is 10.2 Å². The fourth-order valence-corrected chi connectivity index (χ4v) is 17.9. The first kappa shape index (κ1) is 54.1. The van der Waals surface area contributed by atoms with E-state index in [1.165, 1.54) is 0 Å². The van der Waals surface area contributed by atoms with Gasteiger partial charge in [-0.25, -0.2) is 53.5 Å². The first-order valence-electron chi connectivity index (χ1n) is 22.5. The third-order valence-corrected chi connectivity index (χ3v) is 20.2. The summed E-state index contributed by atoms with van der Waals surface area (Å²) in [4.78, 5) is 0. The van der Waals surface area contributed by atoms with Gasteiger partial charge in [-0.2, -0.15) is 10.2 Å². The zero-order valence-electron chi connectivity index (χ0n) is 39.6. The number of ether oxygens (including phenoxy) is 4. The van der Waals surface area contributed by atoms with Crippen molar-refractivity contribution in [3.05, 3.63) is 166 Å². The third kappa shape index (κ3) is 10.8. The van der Waals surface area contributed by atoms with Crippen molar-refractivity contribution in [3.8, 4) is 45.3 Å². The monoisotopic (exact) mass is 1130 g/mol. The highest BCUT2D eigenvalue weighted by Crippen LogP contribution is 2.81. The zero-order valence-corrected chi connectivity index (χ0v) is 42.3. The van der Waals surface area contributed by atoms with E-state index in [1.54, 1.807) is 97.1 Å². The summed E-state index contributed by atoms with van der Waals surface area (Å²) in [5.74, 6) is -22.7. The van der Waals surface area contributed by atoms with Gasteiger partial charge in [0.2, 0.25) is 11.6 Å². The number of hydrazone groups is 2. The molecule has 0 N–H and O–H groups in total. The van der Waals surface area contributed by atoms with Crippen LogP contribution in [0.3, 0.4) is 0 Å². The van der Waals surface area contributed by atoms with Crippen LogP contribution in [0.2, 0.25) is 0 Å². The fourth-order valence-electron chi connectivity index (χ4n) is 7.46. The molecule has 76 heavy (non-hydrogen) atoms. The van der Waals surface area contributed by atoms with Crippen molar-refractivity contribution in [1.29, 1.82) is 0 Å². The number of benzene rings is 6. The molecule has 15 nitrogen and oxygen atoms in total. The molecule has 28 heteroatoms. The summed E-state index contributed by atoms with van der Waals surface area (Å²) in [7, 11) is -11.7. The molecular weight excluding hydrogens is 1090 g/mol. The lowest BCUT2D eigenvalue weighted by Crippen LogP contribution is -2.22. The summed E-state index contributed by atoms with van der Waals surface area (Å²) in [5.41, 5.74) is -1.11. The van der Waals surface area contributed by atoms with Crippen molar-refractivity contribution in [2.24, 2.45) is 23.7 Å². The maximum absolute atomic E-state index is 15.1. The molecule has 2 spiro atoms. The van der Waals surface area contributed by atoms with Crippen molar-refractivity contribution < 1.29 is 80.9 Å². The average molecular weight is 1130 g/mol. The minimum Gasteiger partial charge on any atom is -0.413 e. The Morgan fingerprint density at radius 1 is 0.368 bits per heavy atom. The largest absolute Gasteiger partial charge is 0.458 e. The van der Waals surface area contributed by atoms with Crippen LogP contribution in [0.1, 0.15) is 11.1 Å². The predicted molar refractivity (Wildman–Crippen MR) is 261 cm³/mol. The summed E-state index contributed by atoms with van der Waals surface area (Å²) in [6, 6.07) is 26.4. The standard InChI is InChI=1S/C40H24F10N7O4P3.2C4H8O2/c1-56(51-19-25-31(41)35(45)39(49)36(46)32(25)42)62(57(2)52-20-26-33(43)37(47)40(50)38(48)34(26)44)53-63(58-27-15-7-3-11-21(27)22-12-4-8-16-28(22)59-63)55-64(54-62)60-29-17-9-5-13-23(29)24-14-6-10-18-30(24)61-64;2*1-2-6-4-3-5-1/h3-20H,1-2H3;2*1-4H2/b51-19+,52-20+;;. The number of hydrogen-bond acceptors (Lipinski definition) is 15. The van der Waals surface area contributed by atoms with Crippen molar-refractivity contribution in [2.45, 2.75) is 0 Å². The summed E-state index contributed by atoms with van der Waals surface area (Å²) in [6.07, 6.45) is 0.511. The minimum atomic E-state index is -4.71. The zero-order chi connectivity index (χ0) is 53.8. The Morgan fingerprint density at radius 3 is 0.895 bits per heavy atom. The number of hydrogen-bond donors (Lipinski definition) is 0. The van der Waals surface area contributed by atoms with Gasteiger partial charge in [-0.15, -0.1) is 9.03 Å². The van der Waals surface area contributed by atoms with E-state index in [0.29, 0.717) is 22.3 Å². The van der Waals surface area contributed by atoms with Crippen LogP contribution in [0.5, 0.6) is 23.0 Å². The normalized spacial score (nSPS) is 17.3. The van der Waals surface area contributed by atoms with Gasteiger partial charge in [0.1, 0.15) is 23.0 Å². The first-order valence-corrected chi connectivity index (χ1v) is 27.2. The molecule has 0 radical (unpaired) electrons.